The van der Waals surface area contributed by atoms with Crippen LogP contribution in [0.2, 0.25) is 0 Å². The lowest BCUT2D eigenvalue weighted by Crippen LogP contribution is -2.42. The van der Waals surface area contributed by atoms with Gasteiger partial charge in [0.1, 0.15) is 11.6 Å². The third-order valence-electron chi connectivity index (χ3n) is 3.32. The Hall–Kier alpha value is -3.42. The van der Waals surface area contributed by atoms with E-state index in [0.29, 0.717) is 12.1 Å². The lowest BCUT2D eigenvalue weighted by Gasteiger charge is -2.18. The van der Waals surface area contributed by atoms with Crippen LogP contribution in [0.15, 0.2) is 54.6 Å². The lowest BCUT2D eigenvalue weighted by atomic mass is 10.1. The largest absolute Gasteiger partial charge is 0.482 e. The minimum absolute atomic E-state index is 0.148. The number of amides is 3. The minimum Gasteiger partial charge on any atom is -0.482 e. The molecule has 0 saturated heterocycles. The van der Waals surface area contributed by atoms with Crippen molar-refractivity contribution in [3.63, 3.8) is 0 Å². The molecular weight excluding hydrogens is 355 g/mol. The zero-order chi connectivity index (χ0) is 19.6. The van der Waals surface area contributed by atoms with E-state index in [0.717, 1.165) is 6.07 Å². The van der Waals surface area contributed by atoms with E-state index in [1.807, 2.05) is 0 Å². The number of hydrogen-bond donors (Lipinski definition) is 2. The van der Waals surface area contributed by atoms with Crippen LogP contribution in [0.25, 0.3) is 0 Å². The summed E-state index contributed by atoms with van der Waals surface area (Å²) < 4.78 is 23.5. The molecule has 0 radical (unpaired) electrons. The molecule has 8 heteroatoms. The summed E-state index contributed by atoms with van der Waals surface area (Å²) in [6, 6.07) is 12.8. The van der Waals surface area contributed by atoms with Crippen LogP contribution in [0.4, 0.5) is 9.18 Å². The topological polar surface area (TPSA) is 93.7 Å². The Balaban J connectivity index is 2.03. The first-order valence-electron chi connectivity index (χ1n) is 8.21. The molecule has 0 aliphatic carbocycles. The van der Waals surface area contributed by atoms with E-state index in [4.69, 9.17) is 9.47 Å². The van der Waals surface area contributed by atoms with E-state index in [2.05, 4.69) is 10.6 Å². The monoisotopic (exact) mass is 374 g/mol. The van der Waals surface area contributed by atoms with Gasteiger partial charge in [-0.05, 0) is 19.1 Å². The van der Waals surface area contributed by atoms with Gasteiger partial charge < -0.3 is 14.8 Å². The summed E-state index contributed by atoms with van der Waals surface area (Å²) in [4.78, 5) is 36.0. The molecule has 2 aromatic carbocycles. The Morgan fingerprint density at radius 2 is 1.81 bits per heavy atom. The fraction of sp³-hybridized carbons (Fsp3) is 0.211. The van der Waals surface area contributed by atoms with Crippen LogP contribution in [0.3, 0.4) is 0 Å². The molecule has 3 amide bonds. The smallest absolute Gasteiger partial charge is 0.345 e. The van der Waals surface area contributed by atoms with Crippen molar-refractivity contribution in [2.24, 2.45) is 0 Å². The first-order chi connectivity index (χ1) is 13.0. The number of carbonyl (C=O) groups excluding carboxylic acids is 3. The molecule has 0 fully saturated rings. The molecule has 2 rings (SSSR count). The fourth-order valence-corrected chi connectivity index (χ4v) is 2.15. The summed E-state index contributed by atoms with van der Waals surface area (Å²) in [6.45, 7) is 1.50. The number of imide groups is 1. The highest BCUT2D eigenvalue weighted by molar-refractivity contribution is 5.97. The number of halogens is 1. The van der Waals surface area contributed by atoms with Gasteiger partial charge in [-0.15, -0.1) is 0 Å². The summed E-state index contributed by atoms with van der Waals surface area (Å²) in [7, 11) is 0. The van der Waals surface area contributed by atoms with Gasteiger partial charge in [0.05, 0.1) is 0 Å². The Labute approximate surface area is 155 Å². The van der Waals surface area contributed by atoms with Gasteiger partial charge in [-0.2, -0.15) is 0 Å². The Morgan fingerprint density at radius 1 is 1.07 bits per heavy atom. The molecule has 142 valence electrons. The molecule has 0 aliphatic rings. The predicted molar refractivity (Wildman–Crippen MR) is 94.4 cm³/mol. The predicted octanol–water partition coefficient (Wildman–Crippen LogP) is 2.33. The van der Waals surface area contributed by atoms with Crippen molar-refractivity contribution in [1.82, 2.24) is 10.6 Å². The molecule has 27 heavy (non-hydrogen) atoms. The van der Waals surface area contributed by atoms with E-state index in [-0.39, 0.29) is 5.75 Å². The molecule has 0 aromatic heterocycles. The number of carbonyl (C=O) groups is 3. The number of nitrogens with one attached hydrogen (secondary N) is 2. The summed E-state index contributed by atoms with van der Waals surface area (Å²) in [5, 5.41) is 4.53. The Kier molecular flexibility index (Phi) is 7.30. The highest BCUT2D eigenvalue weighted by Gasteiger charge is 2.26. The van der Waals surface area contributed by atoms with Gasteiger partial charge in [-0.25, -0.2) is 14.0 Å². The fourth-order valence-electron chi connectivity index (χ4n) is 2.15. The SMILES string of the molecule is CCNC(=O)NC(=O)[C@H](OC(=O)COc1cccc(F)c1)c1ccccc1. The summed E-state index contributed by atoms with van der Waals surface area (Å²) >= 11 is 0. The van der Waals surface area contributed by atoms with Crippen molar-refractivity contribution in [3.8, 4) is 5.75 Å². The van der Waals surface area contributed by atoms with Crippen molar-refractivity contribution in [3.05, 3.63) is 66.0 Å². The van der Waals surface area contributed by atoms with Gasteiger partial charge in [-0.3, -0.25) is 10.1 Å². The van der Waals surface area contributed by atoms with Crippen molar-refractivity contribution < 1.29 is 28.2 Å². The molecule has 0 saturated carbocycles. The lowest BCUT2D eigenvalue weighted by molar-refractivity contribution is -0.158. The van der Waals surface area contributed by atoms with Crippen LogP contribution < -0.4 is 15.4 Å². The molecule has 1 atom stereocenters. The van der Waals surface area contributed by atoms with Gasteiger partial charge in [0.25, 0.3) is 5.91 Å². The summed E-state index contributed by atoms with van der Waals surface area (Å²) in [5.41, 5.74) is 0.387. The molecule has 2 aromatic rings. The average Bonchev–Trinajstić information content (AvgIpc) is 2.65. The second-order valence-corrected chi connectivity index (χ2v) is 5.38. The number of hydrogen-bond acceptors (Lipinski definition) is 5. The third kappa shape index (κ3) is 6.43. The number of esters is 1. The second kappa shape index (κ2) is 9.91. The average molecular weight is 374 g/mol. The molecule has 0 bridgehead atoms. The molecule has 0 spiro atoms. The van der Waals surface area contributed by atoms with E-state index in [1.54, 1.807) is 37.3 Å². The Morgan fingerprint density at radius 3 is 2.48 bits per heavy atom. The minimum atomic E-state index is -1.34. The van der Waals surface area contributed by atoms with Crippen molar-refractivity contribution in [2.75, 3.05) is 13.2 Å². The Bertz CT molecular complexity index is 798. The van der Waals surface area contributed by atoms with Gasteiger partial charge in [0, 0.05) is 18.2 Å². The normalized spacial score (nSPS) is 11.2. The molecule has 0 unspecified atom stereocenters. The molecule has 0 aliphatic heterocycles. The zero-order valence-electron chi connectivity index (χ0n) is 14.6. The molecule has 0 heterocycles. The molecule has 7 nitrogen and oxygen atoms in total. The van der Waals surface area contributed by atoms with Crippen LogP contribution >= 0.6 is 0 Å². The van der Waals surface area contributed by atoms with E-state index in [9.17, 15) is 18.8 Å². The first kappa shape index (κ1) is 19.9. The number of ether oxygens (including phenoxy) is 2. The number of benzene rings is 2. The van der Waals surface area contributed by atoms with Crippen LogP contribution in [0.1, 0.15) is 18.6 Å². The molecular formula is C19H19FN2O5. The standard InChI is InChI=1S/C19H19FN2O5/c1-2-21-19(25)22-18(24)17(13-7-4-3-5-8-13)27-16(23)12-26-15-10-6-9-14(20)11-15/h3-11,17H,2,12H2,1H3,(H2,21,22,24,25)/t17-/m1/s1. The number of rotatable bonds is 7. The van der Waals surface area contributed by atoms with Crippen LogP contribution in [-0.2, 0) is 14.3 Å². The maximum Gasteiger partial charge on any atom is 0.345 e. The summed E-state index contributed by atoms with van der Waals surface area (Å²) in [6.07, 6.45) is -1.34. The highest BCUT2D eigenvalue weighted by Crippen LogP contribution is 2.18. The quantitative estimate of drug-likeness (QED) is 0.726. The maximum absolute atomic E-state index is 13.1. The van der Waals surface area contributed by atoms with E-state index >= 15 is 0 Å². The van der Waals surface area contributed by atoms with Gasteiger partial charge in [0.2, 0.25) is 6.10 Å². The van der Waals surface area contributed by atoms with Crippen molar-refractivity contribution in [2.45, 2.75) is 13.0 Å². The van der Waals surface area contributed by atoms with Gasteiger partial charge in [0.15, 0.2) is 6.61 Å². The van der Waals surface area contributed by atoms with Gasteiger partial charge in [-0.1, -0.05) is 36.4 Å². The third-order valence-corrected chi connectivity index (χ3v) is 3.32. The van der Waals surface area contributed by atoms with Gasteiger partial charge >= 0.3 is 12.0 Å². The van der Waals surface area contributed by atoms with E-state index in [1.165, 1.54) is 18.2 Å². The maximum atomic E-state index is 13.1. The first-order valence-corrected chi connectivity index (χ1v) is 8.21. The highest BCUT2D eigenvalue weighted by atomic mass is 19.1. The summed E-state index contributed by atoms with van der Waals surface area (Å²) in [5.74, 6) is -2.01. The van der Waals surface area contributed by atoms with E-state index < -0.39 is 36.4 Å². The van der Waals surface area contributed by atoms with Crippen LogP contribution in [-0.4, -0.2) is 31.1 Å². The van der Waals surface area contributed by atoms with Crippen molar-refractivity contribution >= 4 is 17.9 Å². The second-order valence-electron chi connectivity index (χ2n) is 5.38. The van der Waals surface area contributed by atoms with Crippen LogP contribution in [0.5, 0.6) is 5.75 Å². The molecule has 2 N–H and O–H groups in total. The van der Waals surface area contributed by atoms with Crippen LogP contribution in [0, 0.1) is 5.82 Å². The zero-order valence-corrected chi connectivity index (χ0v) is 14.6. The number of urea groups is 1. The van der Waals surface area contributed by atoms with Crippen molar-refractivity contribution in [1.29, 1.82) is 0 Å².